The van der Waals surface area contributed by atoms with Gasteiger partial charge in [0.15, 0.2) is 15.8 Å². The van der Waals surface area contributed by atoms with Crippen molar-refractivity contribution in [3.8, 4) is 0 Å². The van der Waals surface area contributed by atoms with Gasteiger partial charge >= 0.3 is 0 Å². The second kappa shape index (κ2) is 9.24. The van der Waals surface area contributed by atoms with Crippen LogP contribution in [0.25, 0.3) is 0 Å². The number of rotatable bonds is 9. The van der Waals surface area contributed by atoms with Crippen molar-refractivity contribution in [1.82, 2.24) is 10.6 Å². The van der Waals surface area contributed by atoms with Crippen molar-refractivity contribution in [3.05, 3.63) is 71.8 Å². The molecule has 0 bridgehead atoms. The maximum absolute atomic E-state index is 12.3. The fraction of sp³-hybridized carbons (Fsp3) is 0.409. The third-order valence-electron chi connectivity index (χ3n) is 5.21. The van der Waals surface area contributed by atoms with Crippen LogP contribution in [-0.2, 0) is 21.0 Å². The van der Waals surface area contributed by atoms with Gasteiger partial charge in [0.25, 0.3) is 0 Å². The maximum atomic E-state index is 12.3. The predicted molar refractivity (Wildman–Crippen MR) is 115 cm³/mol. The molecular formula is C22H29N3O2S. The third-order valence-corrected chi connectivity index (χ3v) is 6.90. The highest BCUT2D eigenvalue weighted by Crippen LogP contribution is 2.47. The molecule has 2 aromatic rings. The Balaban J connectivity index is 1.40. The lowest BCUT2D eigenvalue weighted by molar-refractivity contribution is 0.591. The van der Waals surface area contributed by atoms with Gasteiger partial charge in [0.05, 0.1) is 11.5 Å². The monoisotopic (exact) mass is 399 g/mol. The zero-order valence-corrected chi connectivity index (χ0v) is 17.2. The van der Waals surface area contributed by atoms with Crippen LogP contribution in [-0.4, -0.2) is 40.3 Å². The molecule has 3 rings (SSSR count). The third kappa shape index (κ3) is 5.83. The van der Waals surface area contributed by atoms with Gasteiger partial charge in [-0.15, -0.1) is 0 Å². The van der Waals surface area contributed by atoms with Crippen LogP contribution in [0.2, 0.25) is 0 Å². The summed E-state index contributed by atoms with van der Waals surface area (Å²) in [4.78, 5) is 4.26. The van der Waals surface area contributed by atoms with Gasteiger partial charge in [-0.2, -0.15) is 0 Å². The number of hydrogen-bond acceptors (Lipinski definition) is 3. The van der Waals surface area contributed by atoms with Crippen LogP contribution in [0.3, 0.4) is 0 Å². The molecular weight excluding hydrogens is 370 g/mol. The number of hydrogen-bond donors (Lipinski definition) is 2. The highest BCUT2D eigenvalue weighted by molar-refractivity contribution is 7.90. The summed E-state index contributed by atoms with van der Waals surface area (Å²) < 4.78 is 24.5. The average Bonchev–Trinajstić information content (AvgIpc) is 3.50. The van der Waals surface area contributed by atoms with E-state index in [-0.39, 0.29) is 16.9 Å². The number of benzene rings is 2. The molecule has 1 fully saturated rings. The molecule has 0 aliphatic heterocycles. The largest absolute Gasteiger partial charge is 0.356 e. The SMILES string of the molecule is CN=C(NCCCS(=O)(=O)Cc1ccccc1)NCC1(c2ccccc2)CC1. The van der Waals surface area contributed by atoms with Gasteiger partial charge in [0.1, 0.15) is 0 Å². The van der Waals surface area contributed by atoms with Crippen molar-refractivity contribution in [2.75, 3.05) is 25.9 Å². The summed E-state index contributed by atoms with van der Waals surface area (Å²) in [6.45, 7) is 1.41. The Morgan fingerprint density at radius 2 is 1.64 bits per heavy atom. The summed E-state index contributed by atoms with van der Waals surface area (Å²) in [7, 11) is -1.36. The Morgan fingerprint density at radius 3 is 2.25 bits per heavy atom. The molecule has 0 aromatic heterocycles. The fourth-order valence-corrected chi connectivity index (χ4v) is 4.81. The number of sulfone groups is 1. The van der Waals surface area contributed by atoms with E-state index in [1.807, 2.05) is 36.4 Å². The molecule has 2 aromatic carbocycles. The van der Waals surface area contributed by atoms with Crippen LogP contribution >= 0.6 is 0 Å². The summed E-state index contributed by atoms with van der Waals surface area (Å²) in [5.41, 5.74) is 2.41. The van der Waals surface area contributed by atoms with Crippen molar-refractivity contribution in [2.24, 2.45) is 4.99 Å². The van der Waals surface area contributed by atoms with E-state index in [0.717, 1.165) is 18.1 Å². The first-order chi connectivity index (χ1) is 13.5. The number of nitrogens with zero attached hydrogens (tertiary/aromatic N) is 1. The predicted octanol–water partition coefficient (Wildman–Crippen LogP) is 2.89. The summed E-state index contributed by atoms with van der Waals surface area (Å²) in [5.74, 6) is 0.989. The van der Waals surface area contributed by atoms with Crippen molar-refractivity contribution >= 4 is 15.8 Å². The molecule has 0 unspecified atom stereocenters. The van der Waals surface area contributed by atoms with Crippen molar-refractivity contribution < 1.29 is 8.42 Å². The Hall–Kier alpha value is -2.34. The van der Waals surface area contributed by atoms with E-state index < -0.39 is 9.84 Å². The zero-order chi connectivity index (χ0) is 19.9. The number of aliphatic imine (C=N–C) groups is 1. The molecule has 1 aliphatic rings. The number of nitrogens with one attached hydrogen (secondary N) is 2. The molecule has 0 atom stereocenters. The molecule has 2 N–H and O–H groups in total. The Bertz CT molecular complexity index is 877. The average molecular weight is 400 g/mol. The Labute approximate surface area is 168 Å². The highest BCUT2D eigenvalue weighted by atomic mass is 32.2. The van der Waals surface area contributed by atoms with E-state index in [9.17, 15) is 8.42 Å². The van der Waals surface area contributed by atoms with Gasteiger partial charge in [0.2, 0.25) is 0 Å². The lowest BCUT2D eigenvalue weighted by Crippen LogP contribution is -2.41. The lowest BCUT2D eigenvalue weighted by Gasteiger charge is -2.19. The standard InChI is InChI=1S/C22H29N3O2S/c1-23-21(25-18-22(13-14-22)20-11-6-3-7-12-20)24-15-8-16-28(26,27)17-19-9-4-2-5-10-19/h2-7,9-12H,8,13-18H2,1H3,(H2,23,24,25). The molecule has 6 heteroatoms. The molecule has 0 spiro atoms. The summed E-state index contributed by atoms with van der Waals surface area (Å²) in [6, 6.07) is 19.9. The van der Waals surface area contributed by atoms with E-state index in [1.165, 1.54) is 18.4 Å². The topological polar surface area (TPSA) is 70.6 Å². The van der Waals surface area contributed by atoms with Gasteiger partial charge in [0, 0.05) is 25.6 Å². The lowest BCUT2D eigenvalue weighted by atomic mass is 9.96. The van der Waals surface area contributed by atoms with Crippen molar-refractivity contribution in [3.63, 3.8) is 0 Å². The van der Waals surface area contributed by atoms with Crippen molar-refractivity contribution in [1.29, 1.82) is 0 Å². The maximum Gasteiger partial charge on any atom is 0.191 e. The second-order valence-electron chi connectivity index (χ2n) is 7.43. The van der Waals surface area contributed by atoms with Gasteiger partial charge in [-0.3, -0.25) is 4.99 Å². The molecule has 28 heavy (non-hydrogen) atoms. The van der Waals surface area contributed by atoms with Crippen molar-refractivity contribution in [2.45, 2.75) is 30.4 Å². The van der Waals surface area contributed by atoms with E-state index in [1.54, 1.807) is 7.05 Å². The van der Waals surface area contributed by atoms with Crippen LogP contribution in [0.15, 0.2) is 65.7 Å². The van der Waals surface area contributed by atoms with Gasteiger partial charge in [-0.1, -0.05) is 60.7 Å². The first-order valence-electron chi connectivity index (χ1n) is 9.77. The minimum atomic E-state index is -3.10. The normalized spacial score (nSPS) is 15.8. The van der Waals surface area contributed by atoms with Gasteiger partial charge < -0.3 is 10.6 Å². The highest BCUT2D eigenvalue weighted by Gasteiger charge is 2.43. The molecule has 150 valence electrons. The molecule has 0 heterocycles. The Kier molecular flexibility index (Phi) is 6.73. The molecule has 5 nitrogen and oxygen atoms in total. The van der Waals surface area contributed by atoms with Gasteiger partial charge in [-0.05, 0) is 30.4 Å². The second-order valence-corrected chi connectivity index (χ2v) is 9.61. The van der Waals surface area contributed by atoms with E-state index >= 15 is 0 Å². The minimum absolute atomic E-state index is 0.0976. The van der Waals surface area contributed by atoms with E-state index in [2.05, 4.69) is 39.9 Å². The molecule has 1 aliphatic carbocycles. The minimum Gasteiger partial charge on any atom is -0.356 e. The summed E-state index contributed by atoms with van der Waals surface area (Å²) in [5, 5.41) is 6.63. The summed E-state index contributed by atoms with van der Waals surface area (Å²) in [6.07, 6.45) is 2.91. The van der Waals surface area contributed by atoms with Crippen LogP contribution in [0.4, 0.5) is 0 Å². The molecule has 0 amide bonds. The first kappa shape index (κ1) is 20.4. The molecule has 0 saturated heterocycles. The van der Waals surface area contributed by atoms with Crippen LogP contribution in [0, 0.1) is 0 Å². The summed E-state index contributed by atoms with van der Waals surface area (Å²) >= 11 is 0. The van der Waals surface area contributed by atoms with E-state index in [4.69, 9.17) is 0 Å². The first-order valence-corrected chi connectivity index (χ1v) is 11.6. The van der Waals surface area contributed by atoms with E-state index in [0.29, 0.717) is 13.0 Å². The van der Waals surface area contributed by atoms with Crippen LogP contribution in [0.1, 0.15) is 30.4 Å². The smallest absolute Gasteiger partial charge is 0.191 e. The quantitative estimate of drug-likeness (QED) is 0.386. The Morgan fingerprint density at radius 1 is 1.00 bits per heavy atom. The molecule has 1 saturated carbocycles. The molecule has 0 radical (unpaired) electrons. The van der Waals surface area contributed by atoms with Crippen LogP contribution < -0.4 is 10.6 Å². The van der Waals surface area contributed by atoms with Gasteiger partial charge in [-0.25, -0.2) is 8.42 Å². The zero-order valence-electron chi connectivity index (χ0n) is 16.4. The number of guanidine groups is 1. The van der Waals surface area contributed by atoms with Crippen LogP contribution in [0.5, 0.6) is 0 Å². The fourth-order valence-electron chi connectivity index (χ4n) is 3.38.